The van der Waals surface area contributed by atoms with Crippen LogP contribution in [0.15, 0.2) is 0 Å². The maximum atomic E-state index is 12.5. The lowest BCUT2D eigenvalue weighted by atomic mass is 9.79. The molecule has 1 rings (SSSR count). The molecule has 1 amide bonds. The third-order valence-electron chi connectivity index (χ3n) is 3.85. The van der Waals surface area contributed by atoms with Gasteiger partial charge in [-0.1, -0.05) is 19.3 Å². The molecule has 2 atom stereocenters. The molecule has 1 fully saturated rings. The smallest absolute Gasteiger partial charge is 0.408 e. The standard InChI is InChI=1S/C16H25NO7/c1-16(2,3)24-15(23)17-11(14(21)22)10(13(19)20)12(18)9-7-5-4-6-8-9/h9-11H,4-8H2,1-3H3,(H,17,23)(H,19,20)(H,21,22). The highest BCUT2D eigenvalue weighted by molar-refractivity contribution is 6.04. The van der Waals surface area contributed by atoms with Gasteiger partial charge in [0.05, 0.1) is 0 Å². The number of Topliss-reactive ketones (excluding diaryl/α,β-unsaturated/α-hetero) is 1. The van der Waals surface area contributed by atoms with Gasteiger partial charge in [0.25, 0.3) is 0 Å². The van der Waals surface area contributed by atoms with Gasteiger partial charge in [0.1, 0.15) is 17.6 Å². The molecule has 0 radical (unpaired) electrons. The van der Waals surface area contributed by atoms with Crippen LogP contribution in [0, 0.1) is 11.8 Å². The Kier molecular flexibility index (Phi) is 6.74. The number of rotatable bonds is 6. The van der Waals surface area contributed by atoms with Gasteiger partial charge in [-0.15, -0.1) is 0 Å². The van der Waals surface area contributed by atoms with E-state index in [0.29, 0.717) is 12.8 Å². The summed E-state index contributed by atoms with van der Waals surface area (Å²) in [5.41, 5.74) is -0.876. The quantitative estimate of drug-likeness (QED) is 0.627. The Balaban J connectivity index is 2.94. The minimum absolute atomic E-state index is 0.484. The number of hydrogen-bond acceptors (Lipinski definition) is 5. The molecular formula is C16H25NO7. The molecule has 1 aliphatic rings. The van der Waals surface area contributed by atoms with Gasteiger partial charge in [-0.05, 0) is 33.6 Å². The average Bonchev–Trinajstić information content (AvgIpc) is 2.44. The molecule has 0 aromatic rings. The van der Waals surface area contributed by atoms with Crippen molar-refractivity contribution < 1.29 is 34.1 Å². The number of aliphatic carboxylic acids is 2. The second-order valence-electron chi connectivity index (χ2n) is 7.02. The normalized spacial score (nSPS) is 18.3. The Morgan fingerprint density at radius 2 is 1.54 bits per heavy atom. The third-order valence-corrected chi connectivity index (χ3v) is 3.85. The van der Waals surface area contributed by atoms with Crippen molar-refractivity contribution in [3.8, 4) is 0 Å². The number of carboxylic acid groups (broad SMARTS) is 2. The molecule has 0 aliphatic heterocycles. The van der Waals surface area contributed by atoms with Crippen LogP contribution in [0.1, 0.15) is 52.9 Å². The van der Waals surface area contributed by atoms with Crippen LogP contribution in [-0.4, -0.2) is 45.7 Å². The number of nitrogens with one attached hydrogen (secondary N) is 1. The number of amides is 1. The molecular weight excluding hydrogens is 318 g/mol. The monoisotopic (exact) mass is 343 g/mol. The summed E-state index contributed by atoms with van der Waals surface area (Å²) in [5, 5.41) is 20.7. The minimum atomic E-state index is -1.87. The maximum Gasteiger partial charge on any atom is 0.408 e. The Hall–Kier alpha value is -2.12. The van der Waals surface area contributed by atoms with Gasteiger partial charge in [0.2, 0.25) is 0 Å². The van der Waals surface area contributed by atoms with Gasteiger partial charge in [-0.25, -0.2) is 9.59 Å². The molecule has 8 heteroatoms. The molecule has 0 bridgehead atoms. The lowest BCUT2D eigenvalue weighted by Gasteiger charge is -2.27. The first-order chi connectivity index (χ1) is 11.0. The maximum absolute atomic E-state index is 12.5. The summed E-state index contributed by atoms with van der Waals surface area (Å²) in [6, 6.07) is -1.87. The van der Waals surface area contributed by atoms with Crippen molar-refractivity contribution in [2.45, 2.75) is 64.5 Å². The van der Waals surface area contributed by atoms with Crippen molar-refractivity contribution in [3.63, 3.8) is 0 Å². The topological polar surface area (TPSA) is 130 Å². The van der Waals surface area contributed by atoms with E-state index in [2.05, 4.69) is 0 Å². The van der Waals surface area contributed by atoms with Gasteiger partial charge in [0, 0.05) is 5.92 Å². The molecule has 1 aliphatic carbocycles. The van der Waals surface area contributed by atoms with E-state index >= 15 is 0 Å². The van der Waals surface area contributed by atoms with Crippen LogP contribution in [0.5, 0.6) is 0 Å². The zero-order valence-corrected chi connectivity index (χ0v) is 14.2. The van der Waals surface area contributed by atoms with Crippen molar-refractivity contribution in [2.75, 3.05) is 0 Å². The molecule has 1 saturated carbocycles. The fourth-order valence-electron chi connectivity index (χ4n) is 2.79. The fraction of sp³-hybridized carbons (Fsp3) is 0.750. The van der Waals surface area contributed by atoms with E-state index in [1.54, 1.807) is 20.8 Å². The van der Waals surface area contributed by atoms with Gasteiger partial charge in [0.15, 0.2) is 5.78 Å². The summed E-state index contributed by atoms with van der Waals surface area (Å²) >= 11 is 0. The lowest BCUT2D eigenvalue weighted by Crippen LogP contribution is -2.53. The Labute approximate surface area is 140 Å². The van der Waals surface area contributed by atoms with Crippen LogP contribution in [-0.2, 0) is 19.1 Å². The molecule has 24 heavy (non-hydrogen) atoms. The first-order valence-corrected chi connectivity index (χ1v) is 8.02. The molecule has 0 aromatic carbocycles. The number of carbonyl (C=O) groups is 4. The lowest BCUT2D eigenvalue weighted by molar-refractivity contribution is -0.156. The summed E-state index contributed by atoms with van der Waals surface area (Å²) < 4.78 is 4.96. The van der Waals surface area contributed by atoms with Crippen molar-refractivity contribution in [1.82, 2.24) is 5.32 Å². The SMILES string of the molecule is CC(C)(C)OC(=O)NC(C(=O)O)C(C(=O)O)C(=O)C1CCCCC1. The van der Waals surface area contributed by atoms with Crippen LogP contribution < -0.4 is 5.32 Å². The van der Waals surface area contributed by atoms with Gasteiger partial charge in [-0.2, -0.15) is 0 Å². The van der Waals surface area contributed by atoms with E-state index in [1.807, 2.05) is 5.32 Å². The summed E-state index contributed by atoms with van der Waals surface area (Å²) in [7, 11) is 0. The van der Waals surface area contributed by atoms with Crippen LogP contribution >= 0.6 is 0 Å². The zero-order valence-electron chi connectivity index (χ0n) is 14.2. The zero-order chi connectivity index (χ0) is 18.5. The fourth-order valence-corrected chi connectivity index (χ4v) is 2.79. The highest BCUT2D eigenvalue weighted by Gasteiger charge is 2.43. The highest BCUT2D eigenvalue weighted by Crippen LogP contribution is 2.28. The molecule has 136 valence electrons. The van der Waals surface area contributed by atoms with Crippen LogP contribution in [0.25, 0.3) is 0 Å². The number of carbonyl (C=O) groups excluding carboxylic acids is 2. The molecule has 0 saturated heterocycles. The first kappa shape index (κ1) is 19.9. The Bertz CT molecular complexity index is 503. The summed E-state index contributed by atoms with van der Waals surface area (Å²) in [4.78, 5) is 47.3. The minimum Gasteiger partial charge on any atom is -0.481 e. The summed E-state index contributed by atoms with van der Waals surface area (Å²) in [5.74, 6) is -6.11. The number of ketones is 1. The molecule has 3 N–H and O–H groups in total. The van der Waals surface area contributed by atoms with Crippen molar-refractivity contribution in [3.05, 3.63) is 0 Å². The van der Waals surface area contributed by atoms with Crippen LogP contribution in [0.2, 0.25) is 0 Å². The van der Waals surface area contributed by atoms with Gasteiger partial charge in [-0.3, -0.25) is 9.59 Å². The number of hydrogen-bond donors (Lipinski definition) is 3. The van der Waals surface area contributed by atoms with Crippen molar-refractivity contribution in [2.24, 2.45) is 11.8 Å². The molecule has 0 spiro atoms. The van der Waals surface area contributed by atoms with E-state index in [9.17, 15) is 29.4 Å². The van der Waals surface area contributed by atoms with Gasteiger partial charge < -0.3 is 20.3 Å². The molecule has 0 aromatic heterocycles. The van der Waals surface area contributed by atoms with E-state index < -0.39 is 47.3 Å². The van der Waals surface area contributed by atoms with E-state index in [1.165, 1.54) is 0 Å². The van der Waals surface area contributed by atoms with Crippen molar-refractivity contribution in [1.29, 1.82) is 0 Å². The van der Waals surface area contributed by atoms with Crippen LogP contribution in [0.3, 0.4) is 0 Å². The van der Waals surface area contributed by atoms with Gasteiger partial charge >= 0.3 is 18.0 Å². The predicted molar refractivity (Wildman–Crippen MR) is 83.5 cm³/mol. The van der Waals surface area contributed by atoms with E-state index in [4.69, 9.17) is 4.74 Å². The first-order valence-electron chi connectivity index (χ1n) is 8.02. The van der Waals surface area contributed by atoms with Crippen LogP contribution in [0.4, 0.5) is 4.79 Å². The Morgan fingerprint density at radius 1 is 1.00 bits per heavy atom. The third kappa shape index (κ3) is 5.82. The number of ether oxygens (including phenoxy) is 1. The van der Waals surface area contributed by atoms with Crippen molar-refractivity contribution >= 4 is 23.8 Å². The number of alkyl carbamates (subject to hydrolysis) is 1. The number of carboxylic acids is 2. The molecule has 2 unspecified atom stereocenters. The Morgan fingerprint density at radius 3 is 1.96 bits per heavy atom. The second kappa shape index (κ2) is 8.12. The van der Waals surface area contributed by atoms with E-state index in [-0.39, 0.29) is 0 Å². The largest absolute Gasteiger partial charge is 0.481 e. The summed E-state index contributed by atoms with van der Waals surface area (Å²) in [6.07, 6.45) is 2.60. The molecule has 0 heterocycles. The summed E-state index contributed by atoms with van der Waals surface area (Å²) in [6.45, 7) is 4.76. The second-order valence-corrected chi connectivity index (χ2v) is 7.02. The predicted octanol–water partition coefficient (Wildman–Crippen LogP) is 1.81. The average molecular weight is 343 g/mol. The molecule has 8 nitrogen and oxygen atoms in total. The highest BCUT2D eigenvalue weighted by atomic mass is 16.6. The van der Waals surface area contributed by atoms with E-state index in [0.717, 1.165) is 19.3 Å².